The summed E-state index contributed by atoms with van der Waals surface area (Å²) < 4.78 is 11.2. The van der Waals surface area contributed by atoms with Gasteiger partial charge < -0.3 is 9.26 Å². The summed E-state index contributed by atoms with van der Waals surface area (Å²) >= 11 is 1.54. The molecule has 0 bridgehead atoms. The molecule has 8 heteroatoms. The lowest BCUT2D eigenvalue weighted by molar-refractivity contribution is 0.124. The Bertz CT molecular complexity index is 713. The van der Waals surface area contributed by atoms with Gasteiger partial charge in [-0.15, -0.1) is 0 Å². The first-order valence-corrected chi connectivity index (χ1v) is 9.81. The molecule has 0 spiro atoms. The van der Waals surface area contributed by atoms with Gasteiger partial charge in [-0.25, -0.2) is 4.98 Å². The Hall–Kier alpha value is -1.67. The van der Waals surface area contributed by atoms with Crippen molar-refractivity contribution >= 4 is 11.8 Å². The predicted octanol–water partition coefficient (Wildman–Crippen LogP) is 2.80. The summed E-state index contributed by atoms with van der Waals surface area (Å²) in [5, 5.41) is 4.61. The van der Waals surface area contributed by atoms with Crippen molar-refractivity contribution in [2.24, 2.45) is 5.92 Å². The number of nitrogens with zero attached hydrogens (tertiary/aromatic N) is 5. The molecule has 1 aliphatic heterocycles. The van der Waals surface area contributed by atoms with E-state index in [-0.39, 0.29) is 0 Å². The van der Waals surface area contributed by atoms with Crippen LogP contribution in [0.3, 0.4) is 0 Å². The number of rotatable bonds is 6. The zero-order chi connectivity index (χ0) is 17.8. The number of hydrogen-bond acceptors (Lipinski definition) is 8. The molecule has 2 aromatic heterocycles. The Balaban J connectivity index is 1.49. The third-order valence-electron chi connectivity index (χ3n) is 4.60. The van der Waals surface area contributed by atoms with Crippen molar-refractivity contribution < 1.29 is 9.26 Å². The van der Waals surface area contributed by atoms with E-state index in [1.807, 2.05) is 27.0 Å². The van der Waals surface area contributed by atoms with Crippen LogP contribution in [-0.4, -0.2) is 51.0 Å². The molecule has 0 atom stereocenters. The number of hydrogen-bond donors (Lipinski definition) is 0. The van der Waals surface area contributed by atoms with Crippen LogP contribution < -0.4 is 4.74 Å². The number of piperidine rings is 1. The van der Waals surface area contributed by atoms with Crippen LogP contribution >= 0.6 is 11.8 Å². The SMILES string of the molecule is CSc1nc(C)c(C)c(OCC2CCN(Cc3nc(C)no3)CC2)n1. The maximum Gasteiger partial charge on any atom is 0.240 e. The Morgan fingerprint density at radius 3 is 2.56 bits per heavy atom. The van der Waals surface area contributed by atoms with E-state index in [2.05, 4.69) is 25.0 Å². The maximum absolute atomic E-state index is 6.03. The molecule has 2 aromatic rings. The van der Waals surface area contributed by atoms with Crippen LogP contribution in [0.4, 0.5) is 0 Å². The second kappa shape index (κ2) is 8.14. The third-order valence-corrected chi connectivity index (χ3v) is 5.15. The fourth-order valence-electron chi connectivity index (χ4n) is 2.91. The molecule has 0 N–H and O–H groups in total. The zero-order valence-corrected chi connectivity index (χ0v) is 16.1. The summed E-state index contributed by atoms with van der Waals surface area (Å²) in [4.78, 5) is 15.6. The lowest BCUT2D eigenvalue weighted by Gasteiger charge is -2.30. The van der Waals surface area contributed by atoms with Crippen molar-refractivity contribution in [3.63, 3.8) is 0 Å². The van der Waals surface area contributed by atoms with Crippen LogP contribution in [0.2, 0.25) is 0 Å². The second-order valence-corrected chi connectivity index (χ2v) is 7.27. The smallest absolute Gasteiger partial charge is 0.240 e. The number of ether oxygens (including phenoxy) is 1. The second-order valence-electron chi connectivity index (χ2n) is 6.49. The number of aromatic nitrogens is 4. The molecule has 136 valence electrons. The molecule has 0 aromatic carbocycles. The Morgan fingerprint density at radius 2 is 1.92 bits per heavy atom. The van der Waals surface area contributed by atoms with Crippen molar-refractivity contribution in [2.75, 3.05) is 26.0 Å². The van der Waals surface area contributed by atoms with Gasteiger partial charge in [0, 0.05) is 11.3 Å². The number of likely N-dealkylation sites (tertiary alicyclic amines) is 1. The summed E-state index contributed by atoms with van der Waals surface area (Å²) in [5.41, 5.74) is 2.01. The first-order chi connectivity index (χ1) is 12.0. The molecular formula is C17H25N5O2S. The lowest BCUT2D eigenvalue weighted by atomic mass is 9.98. The molecule has 0 aliphatic carbocycles. The van der Waals surface area contributed by atoms with Crippen LogP contribution in [0.5, 0.6) is 5.88 Å². The van der Waals surface area contributed by atoms with Crippen LogP contribution in [0, 0.1) is 26.7 Å². The van der Waals surface area contributed by atoms with Crippen LogP contribution in [-0.2, 0) is 6.54 Å². The van der Waals surface area contributed by atoms with Gasteiger partial charge in [-0.2, -0.15) is 9.97 Å². The van der Waals surface area contributed by atoms with E-state index in [4.69, 9.17) is 9.26 Å². The van der Waals surface area contributed by atoms with Crippen molar-refractivity contribution in [3.8, 4) is 5.88 Å². The molecule has 25 heavy (non-hydrogen) atoms. The Morgan fingerprint density at radius 1 is 1.16 bits per heavy atom. The highest BCUT2D eigenvalue weighted by molar-refractivity contribution is 7.98. The number of aryl methyl sites for hydroxylation is 2. The van der Waals surface area contributed by atoms with Crippen molar-refractivity contribution in [1.82, 2.24) is 25.0 Å². The van der Waals surface area contributed by atoms with Gasteiger partial charge in [0.05, 0.1) is 13.2 Å². The molecule has 0 amide bonds. The van der Waals surface area contributed by atoms with E-state index in [1.165, 1.54) is 0 Å². The minimum atomic E-state index is 0.549. The van der Waals surface area contributed by atoms with Gasteiger partial charge in [0.25, 0.3) is 0 Å². The molecule has 0 saturated carbocycles. The van der Waals surface area contributed by atoms with E-state index < -0.39 is 0 Å². The van der Waals surface area contributed by atoms with Gasteiger partial charge in [-0.3, -0.25) is 4.90 Å². The first-order valence-electron chi connectivity index (χ1n) is 8.58. The van der Waals surface area contributed by atoms with Gasteiger partial charge in [0.15, 0.2) is 11.0 Å². The van der Waals surface area contributed by atoms with Gasteiger partial charge in [0.2, 0.25) is 11.8 Å². The quantitative estimate of drug-likeness (QED) is 0.573. The molecule has 1 fully saturated rings. The standard InChI is InChI=1S/C17H25N5O2S/c1-11-12(2)18-17(25-4)20-16(11)23-10-14-5-7-22(8-6-14)9-15-19-13(3)21-24-15/h14H,5-10H2,1-4H3. The van der Waals surface area contributed by atoms with E-state index in [9.17, 15) is 0 Å². The van der Waals surface area contributed by atoms with Gasteiger partial charge in [-0.05, 0) is 58.9 Å². The van der Waals surface area contributed by atoms with Crippen LogP contribution in [0.25, 0.3) is 0 Å². The van der Waals surface area contributed by atoms with Gasteiger partial charge in [0.1, 0.15) is 0 Å². The van der Waals surface area contributed by atoms with Gasteiger partial charge >= 0.3 is 0 Å². The molecule has 3 rings (SSSR count). The Kier molecular flexibility index (Phi) is 5.90. The average molecular weight is 363 g/mol. The first kappa shape index (κ1) is 18.1. The summed E-state index contributed by atoms with van der Waals surface area (Å²) in [6.07, 6.45) is 4.19. The normalized spacial score (nSPS) is 16.3. The summed E-state index contributed by atoms with van der Waals surface area (Å²) in [5.74, 6) is 2.66. The fourth-order valence-corrected chi connectivity index (χ4v) is 3.32. The average Bonchev–Trinajstić information content (AvgIpc) is 3.02. The molecule has 0 unspecified atom stereocenters. The summed E-state index contributed by atoms with van der Waals surface area (Å²) in [6, 6.07) is 0. The molecule has 1 saturated heterocycles. The van der Waals surface area contributed by atoms with E-state index in [0.29, 0.717) is 24.2 Å². The highest BCUT2D eigenvalue weighted by Gasteiger charge is 2.22. The number of thioether (sulfide) groups is 1. The predicted molar refractivity (Wildman–Crippen MR) is 95.8 cm³/mol. The van der Waals surface area contributed by atoms with Crippen LogP contribution in [0.15, 0.2) is 9.68 Å². The lowest BCUT2D eigenvalue weighted by Crippen LogP contribution is -2.35. The van der Waals surface area contributed by atoms with Crippen LogP contribution in [0.1, 0.15) is 35.8 Å². The highest BCUT2D eigenvalue weighted by Crippen LogP contribution is 2.24. The zero-order valence-electron chi connectivity index (χ0n) is 15.3. The molecule has 7 nitrogen and oxygen atoms in total. The van der Waals surface area contributed by atoms with Crippen molar-refractivity contribution in [2.45, 2.75) is 45.3 Å². The minimum absolute atomic E-state index is 0.549. The van der Waals surface area contributed by atoms with E-state index in [1.54, 1.807) is 11.8 Å². The third kappa shape index (κ3) is 4.70. The molecular weight excluding hydrogens is 338 g/mol. The monoisotopic (exact) mass is 363 g/mol. The minimum Gasteiger partial charge on any atom is -0.477 e. The fraction of sp³-hybridized carbons (Fsp3) is 0.647. The van der Waals surface area contributed by atoms with E-state index >= 15 is 0 Å². The molecule has 0 radical (unpaired) electrons. The van der Waals surface area contributed by atoms with Crippen molar-refractivity contribution in [1.29, 1.82) is 0 Å². The molecule has 3 heterocycles. The largest absolute Gasteiger partial charge is 0.477 e. The topological polar surface area (TPSA) is 77.2 Å². The highest BCUT2D eigenvalue weighted by atomic mass is 32.2. The summed E-state index contributed by atoms with van der Waals surface area (Å²) in [7, 11) is 0. The van der Waals surface area contributed by atoms with E-state index in [0.717, 1.165) is 54.8 Å². The molecule has 1 aliphatic rings. The maximum atomic E-state index is 6.03. The summed E-state index contributed by atoms with van der Waals surface area (Å²) in [6.45, 7) is 9.34. The van der Waals surface area contributed by atoms with Crippen molar-refractivity contribution in [3.05, 3.63) is 23.0 Å². The van der Waals surface area contributed by atoms with Gasteiger partial charge in [-0.1, -0.05) is 16.9 Å². The Labute approximate surface area is 152 Å².